The van der Waals surface area contributed by atoms with Crippen LogP contribution < -0.4 is 15.8 Å². The fourth-order valence-electron chi connectivity index (χ4n) is 4.57. The normalized spacial score (nSPS) is 20.2. The zero-order chi connectivity index (χ0) is 24.7. The molecule has 2 aliphatic heterocycles. The molecule has 0 unspecified atom stereocenters. The first-order valence-electron chi connectivity index (χ1n) is 11.9. The zero-order valence-electron chi connectivity index (χ0n) is 19.7. The fourth-order valence-corrected chi connectivity index (χ4v) is 5.36. The minimum Gasteiger partial charge on any atom is -0.370 e. The Morgan fingerprint density at radius 2 is 1.82 bits per heavy atom. The van der Waals surface area contributed by atoms with Gasteiger partial charge in [-0.3, -0.25) is 15.0 Å². The Balaban J connectivity index is 1.63. The number of nitrogens with two attached hydrogens (primary N) is 1. The topological polar surface area (TPSA) is 149 Å². The Morgan fingerprint density at radius 3 is 2.44 bits per heavy atom. The second-order valence-corrected chi connectivity index (χ2v) is 11.1. The molecule has 5 N–H and O–H groups in total. The Labute approximate surface area is 201 Å². The quantitative estimate of drug-likeness (QED) is 0.287. The van der Waals surface area contributed by atoms with Crippen molar-refractivity contribution in [2.24, 2.45) is 11.7 Å². The van der Waals surface area contributed by atoms with Crippen LogP contribution in [0.2, 0.25) is 0 Å². The van der Waals surface area contributed by atoms with Gasteiger partial charge in [-0.15, -0.1) is 0 Å². The van der Waals surface area contributed by atoms with E-state index >= 15 is 0 Å². The van der Waals surface area contributed by atoms with Gasteiger partial charge in [0.05, 0.1) is 5.75 Å². The maximum absolute atomic E-state index is 13.4. The van der Waals surface area contributed by atoms with Crippen LogP contribution in [0.5, 0.6) is 0 Å². The smallest absolute Gasteiger partial charge is 0.242 e. The van der Waals surface area contributed by atoms with Crippen LogP contribution in [0, 0.1) is 11.3 Å². The molecular formula is C23H36N6O4S. The maximum Gasteiger partial charge on any atom is 0.242 e. The van der Waals surface area contributed by atoms with E-state index < -0.39 is 22.1 Å². The molecule has 188 valence electrons. The van der Waals surface area contributed by atoms with Crippen LogP contribution in [-0.2, 0) is 26.0 Å². The number of likely N-dealkylation sites (tertiary alicyclic amines) is 2. The number of rotatable bonds is 9. The van der Waals surface area contributed by atoms with E-state index in [0.29, 0.717) is 44.9 Å². The Morgan fingerprint density at radius 1 is 1.15 bits per heavy atom. The van der Waals surface area contributed by atoms with Crippen LogP contribution in [0.1, 0.15) is 38.2 Å². The molecule has 2 fully saturated rings. The third-order valence-corrected chi connectivity index (χ3v) is 8.05. The fraction of sp³-hybridized carbons (Fsp3) is 0.609. The van der Waals surface area contributed by atoms with Crippen LogP contribution >= 0.6 is 0 Å². The summed E-state index contributed by atoms with van der Waals surface area (Å²) in [6.45, 7) is 3.86. The molecule has 2 atom stereocenters. The number of benzene rings is 1. The first-order valence-corrected chi connectivity index (χ1v) is 13.6. The number of sulfonamides is 1. The van der Waals surface area contributed by atoms with Gasteiger partial charge in [-0.1, -0.05) is 30.3 Å². The van der Waals surface area contributed by atoms with Gasteiger partial charge in [-0.05, 0) is 50.5 Å². The lowest BCUT2D eigenvalue weighted by Crippen LogP contribution is -2.54. The third kappa shape index (κ3) is 6.92. The van der Waals surface area contributed by atoms with Crippen molar-refractivity contribution < 1.29 is 18.0 Å². The van der Waals surface area contributed by atoms with Crippen molar-refractivity contribution >= 4 is 27.8 Å². The molecule has 10 nitrogen and oxygen atoms in total. The van der Waals surface area contributed by atoms with E-state index in [0.717, 1.165) is 18.4 Å². The lowest BCUT2D eigenvalue weighted by Gasteiger charge is -2.33. The van der Waals surface area contributed by atoms with Crippen molar-refractivity contribution in [2.45, 2.75) is 51.1 Å². The predicted molar refractivity (Wildman–Crippen MR) is 130 cm³/mol. The number of piperidine rings is 1. The number of carbonyl (C=O) groups is 2. The van der Waals surface area contributed by atoms with Gasteiger partial charge in [0.15, 0.2) is 5.96 Å². The highest BCUT2D eigenvalue weighted by Crippen LogP contribution is 2.21. The average molecular weight is 493 g/mol. The van der Waals surface area contributed by atoms with Crippen molar-refractivity contribution in [3.63, 3.8) is 0 Å². The molecule has 0 saturated carbocycles. The molecule has 1 aromatic carbocycles. The molecule has 0 bridgehead atoms. The molecular weight excluding hydrogens is 456 g/mol. The van der Waals surface area contributed by atoms with Gasteiger partial charge in [0.1, 0.15) is 12.1 Å². The summed E-state index contributed by atoms with van der Waals surface area (Å²) in [5, 5.41) is 10.5. The number of hydrogen-bond donors (Lipinski definition) is 4. The average Bonchev–Trinajstić information content (AvgIpc) is 3.32. The van der Waals surface area contributed by atoms with Gasteiger partial charge in [0.25, 0.3) is 0 Å². The Bertz CT molecular complexity index is 963. The molecule has 0 radical (unpaired) electrons. The van der Waals surface area contributed by atoms with E-state index in [1.165, 1.54) is 11.8 Å². The van der Waals surface area contributed by atoms with E-state index in [1.54, 1.807) is 0 Å². The standard InChI is InChI=1S/C23H36N6O4S/c1-2-34(32,33)27-19(15-17-7-4-3-5-8-17)22(31)29-12-6-9-20(29)21(30)26-16-18-10-13-28(14-11-18)23(24)25/h3-5,7-8,18-20,27H,2,6,9-16H2,1H3,(H3,24,25)(H,26,30)/t19-,20+/m1/s1. The summed E-state index contributed by atoms with van der Waals surface area (Å²) >= 11 is 0. The summed E-state index contributed by atoms with van der Waals surface area (Å²) in [7, 11) is -3.61. The largest absolute Gasteiger partial charge is 0.370 e. The molecule has 1 aromatic rings. The van der Waals surface area contributed by atoms with Crippen LogP contribution in [0.4, 0.5) is 0 Å². The van der Waals surface area contributed by atoms with E-state index in [9.17, 15) is 18.0 Å². The SMILES string of the molecule is CCS(=O)(=O)N[C@H](Cc1ccccc1)C(=O)N1CCC[C@H]1C(=O)NCC1CCN(C(=N)N)CC1. The van der Waals surface area contributed by atoms with Crippen molar-refractivity contribution in [1.82, 2.24) is 19.8 Å². The van der Waals surface area contributed by atoms with Gasteiger partial charge in [0.2, 0.25) is 21.8 Å². The molecule has 11 heteroatoms. The number of guanidine groups is 1. The minimum atomic E-state index is -3.61. The van der Waals surface area contributed by atoms with Crippen LogP contribution in [0.3, 0.4) is 0 Å². The number of nitrogens with one attached hydrogen (secondary N) is 3. The minimum absolute atomic E-state index is 0.0753. The lowest BCUT2D eigenvalue weighted by molar-refractivity contribution is -0.139. The van der Waals surface area contributed by atoms with Gasteiger partial charge >= 0.3 is 0 Å². The molecule has 0 aromatic heterocycles. The lowest BCUT2D eigenvalue weighted by atomic mass is 9.97. The first kappa shape index (κ1) is 26.0. The highest BCUT2D eigenvalue weighted by atomic mass is 32.2. The van der Waals surface area contributed by atoms with Crippen molar-refractivity contribution in [3.05, 3.63) is 35.9 Å². The molecule has 2 saturated heterocycles. The highest BCUT2D eigenvalue weighted by Gasteiger charge is 2.38. The van der Waals surface area contributed by atoms with Gasteiger partial charge in [0, 0.05) is 26.2 Å². The highest BCUT2D eigenvalue weighted by molar-refractivity contribution is 7.89. The Kier molecular flexibility index (Phi) is 8.90. The molecule has 3 rings (SSSR count). The number of hydrogen-bond acceptors (Lipinski definition) is 5. The first-order chi connectivity index (χ1) is 16.2. The summed E-state index contributed by atoms with van der Waals surface area (Å²) in [6, 6.07) is 7.70. The zero-order valence-corrected chi connectivity index (χ0v) is 20.5. The van der Waals surface area contributed by atoms with E-state index in [2.05, 4.69) is 10.0 Å². The van der Waals surface area contributed by atoms with Gasteiger partial charge in [-0.2, -0.15) is 0 Å². The molecule has 0 aliphatic carbocycles. The van der Waals surface area contributed by atoms with Crippen LogP contribution in [0.15, 0.2) is 30.3 Å². The summed E-state index contributed by atoms with van der Waals surface area (Å²) < 4.78 is 27.1. The second kappa shape index (κ2) is 11.7. The van der Waals surface area contributed by atoms with Crippen molar-refractivity contribution in [1.29, 1.82) is 5.41 Å². The molecule has 2 amide bonds. The molecule has 2 aliphatic rings. The van der Waals surface area contributed by atoms with Crippen LogP contribution in [0.25, 0.3) is 0 Å². The summed E-state index contributed by atoms with van der Waals surface area (Å²) in [5.41, 5.74) is 6.38. The van der Waals surface area contributed by atoms with E-state index in [-0.39, 0.29) is 29.9 Å². The van der Waals surface area contributed by atoms with Crippen LogP contribution in [-0.4, -0.2) is 80.0 Å². The summed E-state index contributed by atoms with van der Waals surface area (Å²) in [4.78, 5) is 29.8. The number of amides is 2. The third-order valence-electron chi connectivity index (χ3n) is 6.64. The van der Waals surface area contributed by atoms with Crippen molar-refractivity contribution in [2.75, 3.05) is 31.9 Å². The summed E-state index contributed by atoms with van der Waals surface area (Å²) in [6.07, 6.45) is 3.15. The Hall–Kier alpha value is -2.66. The van der Waals surface area contributed by atoms with Gasteiger partial charge in [-0.25, -0.2) is 13.1 Å². The number of carbonyl (C=O) groups excluding carboxylic acids is 2. The molecule has 2 heterocycles. The van der Waals surface area contributed by atoms with E-state index in [1.807, 2.05) is 35.2 Å². The predicted octanol–water partition coefficient (Wildman–Crippen LogP) is 0.250. The second-order valence-electron chi connectivity index (χ2n) is 9.01. The molecule has 0 spiro atoms. The summed E-state index contributed by atoms with van der Waals surface area (Å²) in [5.74, 6) is -0.318. The van der Waals surface area contributed by atoms with Crippen molar-refractivity contribution in [3.8, 4) is 0 Å². The monoisotopic (exact) mass is 492 g/mol. The van der Waals surface area contributed by atoms with E-state index in [4.69, 9.17) is 11.1 Å². The molecule has 34 heavy (non-hydrogen) atoms. The maximum atomic E-state index is 13.4. The number of nitrogens with zero attached hydrogens (tertiary/aromatic N) is 2. The van der Waals surface area contributed by atoms with Gasteiger partial charge < -0.3 is 20.9 Å².